The lowest BCUT2D eigenvalue weighted by Crippen LogP contribution is -2.52. The number of nitro groups is 1. The monoisotopic (exact) mass is 389 g/mol. The van der Waals surface area contributed by atoms with Gasteiger partial charge in [0.2, 0.25) is 9.90 Å². The minimum Gasteiger partial charge on any atom is -0.478 e. The van der Waals surface area contributed by atoms with E-state index in [1.54, 1.807) is 31.2 Å². The fourth-order valence-corrected chi connectivity index (χ4v) is 3.77. The molecule has 1 aliphatic rings. The first-order chi connectivity index (χ1) is 11.2. The van der Waals surface area contributed by atoms with Crippen LogP contribution in [0.5, 0.6) is 5.75 Å². The van der Waals surface area contributed by atoms with Crippen LogP contribution in [0.4, 0.5) is 0 Å². The van der Waals surface area contributed by atoms with Crippen molar-refractivity contribution in [3.63, 3.8) is 0 Å². The van der Waals surface area contributed by atoms with Gasteiger partial charge in [0, 0.05) is 21.7 Å². The maximum Gasteiger partial charge on any atom is 0.264 e. The van der Waals surface area contributed by atoms with Crippen molar-refractivity contribution >= 4 is 34.8 Å². The van der Waals surface area contributed by atoms with Gasteiger partial charge in [-0.25, -0.2) is 0 Å². The molecule has 1 aromatic heterocycles. The molecule has 0 radical (unpaired) electrons. The largest absolute Gasteiger partial charge is 0.478 e. The number of H-pyrrole nitrogens is 1. The van der Waals surface area contributed by atoms with Gasteiger partial charge in [-0.1, -0.05) is 53.0 Å². The summed E-state index contributed by atoms with van der Waals surface area (Å²) in [5.41, 5.74) is 2.82. The Morgan fingerprint density at radius 2 is 1.96 bits per heavy atom. The highest BCUT2D eigenvalue weighted by atomic mass is 35.6. The number of hydrogen-bond donors (Lipinski definition) is 1. The van der Waals surface area contributed by atoms with Crippen LogP contribution in [0.1, 0.15) is 28.4 Å². The first-order valence-corrected chi connectivity index (χ1v) is 8.32. The van der Waals surface area contributed by atoms with E-state index in [1.165, 1.54) is 0 Å². The molecular weight excluding hydrogens is 377 g/mol. The lowest BCUT2D eigenvalue weighted by atomic mass is 9.79. The standard InChI is InChI=1S/C15H14Cl3N3O3/c1-7-11(8(2)20-19-7)12-9-5-3-4-6-10(9)24-14(15(16,17)18)13(12)21(22)23/h3-6,12-14H,1-2H3,(H,19,20)/t12-,13-,14-/m0/s1. The summed E-state index contributed by atoms with van der Waals surface area (Å²) in [6.45, 7) is 3.60. The third-order valence-electron chi connectivity index (χ3n) is 4.22. The van der Waals surface area contributed by atoms with Crippen LogP contribution in [-0.4, -0.2) is 31.1 Å². The summed E-state index contributed by atoms with van der Waals surface area (Å²) < 4.78 is 3.76. The molecule has 0 bridgehead atoms. The predicted molar refractivity (Wildman–Crippen MR) is 91.8 cm³/mol. The number of aryl methyl sites for hydroxylation is 2. The van der Waals surface area contributed by atoms with Crippen LogP contribution in [0.15, 0.2) is 24.3 Å². The molecule has 0 spiro atoms. The molecule has 3 atom stereocenters. The molecule has 3 rings (SSSR count). The number of fused-ring (bicyclic) bond motifs is 1. The Bertz CT molecular complexity index is 768. The number of rotatable bonds is 2. The summed E-state index contributed by atoms with van der Waals surface area (Å²) in [7, 11) is 0. The summed E-state index contributed by atoms with van der Waals surface area (Å²) in [5, 5.41) is 18.9. The highest BCUT2D eigenvalue weighted by molar-refractivity contribution is 6.68. The Hall–Kier alpha value is -1.50. The van der Waals surface area contributed by atoms with Crippen molar-refractivity contribution in [1.29, 1.82) is 0 Å². The quantitative estimate of drug-likeness (QED) is 0.478. The zero-order valence-electron chi connectivity index (χ0n) is 12.8. The second-order valence-electron chi connectivity index (χ2n) is 5.72. The summed E-state index contributed by atoms with van der Waals surface area (Å²) in [4.78, 5) is 11.4. The first-order valence-electron chi connectivity index (χ1n) is 7.19. The molecule has 2 heterocycles. The first kappa shape index (κ1) is 17.3. The highest BCUT2D eigenvalue weighted by Gasteiger charge is 2.56. The zero-order valence-corrected chi connectivity index (χ0v) is 15.1. The summed E-state index contributed by atoms with van der Waals surface area (Å²) in [6, 6.07) is 5.81. The fourth-order valence-electron chi connectivity index (χ4n) is 3.25. The Morgan fingerprint density at radius 3 is 2.50 bits per heavy atom. The lowest BCUT2D eigenvalue weighted by molar-refractivity contribution is -0.537. The molecular formula is C15H14Cl3N3O3. The van der Waals surface area contributed by atoms with Crippen molar-refractivity contribution in [2.75, 3.05) is 0 Å². The van der Waals surface area contributed by atoms with Gasteiger partial charge < -0.3 is 4.74 Å². The molecule has 0 unspecified atom stereocenters. The highest BCUT2D eigenvalue weighted by Crippen LogP contribution is 2.48. The van der Waals surface area contributed by atoms with E-state index in [4.69, 9.17) is 39.5 Å². The van der Waals surface area contributed by atoms with E-state index in [2.05, 4.69) is 10.2 Å². The van der Waals surface area contributed by atoms with E-state index in [1.807, 2.05) is 6.92 Å². The predicted octanol–water partition coefficient (Wildman–Crippen LogP) is 3.93. The minimum absolute atomic E-state index is 0.445. The number of hydrogen-bond acceptors (Lipinski definition) is 4. The molecule has 1 aromatic carbocycles. The maximum atomic E-state index is 11.9. The molecule has 0 saturated heterocycles. The molecule has 1 aliphatic heterocycles. The maximum absolute atomic E-state index is 11.9. The summed E-state index contributed by atoms with van der Waals surface area (Å²) in [6.07, 6.45) is -1.23. The van der Waals surface area contributed by atoms with Gasteiger partial charge in [0.1, 0.15) is 5.75 Å². The molecule has 24 heavy (non-hydrogen) atoms. The Kier molecular flexibility index (Phi) is 4.40. The molecule has 1 N–H and O–H groups in total. The number of benzene rings is 1. The van der Waals surface area contributed by atoms with Crippen LogP contribution in [0.3, 0.4) is 0 Å². The van der Waals surface area contributed by atoms with Crippen molar-refractivity contribution in [3.05, 3.63) is 56.9 Å². The molecule has 6 nitrogen and oxygen atoms in total. The van der Waals surface area contributed by atoms with E-state index in [-0.39, 0.29) is 0 Å². The molecule has 2 aromatic rings. The molecule has 0 saturated carbocycles. The van der Waals surface area contributed by atoms with E-state index in [0.717, 1.165) is 11.3 Å². The van der Waals surface area contributed by atoms with Gasteiger partial charge in [-0.05, 0) is 19.9 Å². The topological polar surface area (TPSA) is 81.0 Å². The van der Waals surface area contributed by atoms with Crippen molar-refractivity contribution in [2.45, 2.75) is 35.7 Å². The van der Waals surface area contributed by atoms with Crippen LogP contribution in [0.25, 0.3) is 0 Å². The fraction of sp³-hybridized carbons (Fsp3) is 0.400. The van der Waals surface area contributed by atoms with E-state index >= 15 is 0 Å². The second kappa shape index (κ2) is 6.10. The van der Waals surface area contributed by atoms with E-state index in [9.17, 15) is 10.1 Å². The Morgan fingerprint density at radius 1 is 1.29 bits per heavy atom. The minimum atomic E-state index is -1.95. The lowest BCUT2D eigenvalue weighted by Gasteiger charge is -2.37. The van der Waals surface area contributed by atoms with Gasteiger partial charge in [-0.2, -0.15) is 5.10 Å². The van der Waals surface area contributed by atoms with Gasteiger partial charge in [-0.15, -0.1) is 0 Å². The number of nitrogens with zero attached hydrogens (tertiary/aromatic N) is 2. The van der Waals surface area contributed by atoms with Crippen LogP contribution in [0, 0.1) is 24.0 Å². The molecule has 128 valence electrons. The SMILES string of the molecule is Cc1n[nH]c(C)c1[C@@H]1c2ccccc2O[C@H](C(Cl)(Cl)Cl)[C@H]1[N+](=O)[O-]. The number of aromatic amines is 1. The smallest absolute Gasteiger partial charge is 0.264 e. The average molecular weight is 391 g/mol. The number of ether oxygens (including phenoxy) is 1. The number of alkyl halides is 3. The molecule has 0 amide bonds. The van der Waals surface area contributed by atoms with Crippen LogP contribution in [0.2, 0.25) is 0 Å². The van der Waals surface area contributed by atoms with E-state index in [0.29, 0.717) is 17.0 Å². The van der Waals surface area contributed by atoms with Crippen molar-refractivity contribution in [3.8, 4) is 5.75 Å². The Balaban J connectivity index is 2.27. The number of aromatic nitrogens is 2. The number of nitrogens with one attached hydrogen (secondary N) is 1. The summed E-state index contributed by atoms with van der Waals surface area (Å²) in [5.74, 6) is -0.166. The van der Waals surface area contributed by atoms with E-state index < -0.39 is 26.8 Å². The average Bonchev–Trinajstić information content (AvgIpc) is 2.83. The molecule has 0 aliphatic carbocycles. The molecule has 9 heteroatoms. The van der Waals surface area contributed by atoms with Gasteiger partial charge >= 0.3 is 0 Å². The molecule has 0 fully saturated rings. The van der Waals surface area contributed by atoms with Crippen molar-refractivity contribution in [2.24, 2.45) is 0 Å². The van der Waals surface area contributed by atoms with Gasteiger partial charge in [0.25, 0.3) is 6.04 Å². The van der Waals surface area contributed by atoms with Gasteiger partial charge in [-0.3, -0.25) is 15.2 Å². The van der Waals surface area contributed by atoms with Crippen LogP contribution >= 0.6 is 34.8 Å². The zero-order chi connectivity index (χ0) is 17.6. The Labute approximate surface area is 153 Å². The third-order valence-corrected chi connectivity index (χ3v) is 4.87. The van der Waals surface area contributed by atoms with Crippen molar-refractivity contribution < 1.29 is 9.66 Å². The van der Waals surface area contributed by atoms with Gasteiger partial charge in [0.05, 0.1) is 11.6 Å². The summed E-state index contributed by atoms with van der Waals surface area (Å²) >= 11 is 18.0. The normalized spacial score (nSPS) is 23.5. The third kappa shape index (κ3) is 2.83. The van der Waals surface area contributed by atoms with Gasteiger partial charge in [0.15, 0.2) is 0 Å². The van der Waals surface area contributed by atoms with Crippen LogP contribution < -0.4 is 4.74 Å². The van der Waals surface area contributed by atoms with Crippen molar-refractivity contribution in [1.82, 2.24) is 10.2 Å². The number of halogens is 3. The number of para-hydroxylation sites is 1. The second-order valence-corrected chi connectivity index (χ2v) is 8.09. The van der Waals surface area contributed by atoms with Crippen LogP contribution in [-0.2, 0) is 0 Å².